The minimum atomic E-state index is 1.14. The average molecular weight is 536 g/mol. The first kappa shape index (κ1) is 24.4. The number of rotatable bonds is 4. The molecule has 0 fully saturated rings. The quantitative estimate of drug-likeness (QED) is 0.203. The van der Waals surface area contributed by atoms with Crippen LogP contribution in [0.1, 0.15) is 5.56 Å². The van der Waals surface area contributed by atoms with Gasteiger partial charge < -0.3 is 4.90 Å². The highest BCUT2D eigenvalue weighted by molar-refractivity contribution is 6.26. The molecular weight excluding hydrogens is 506 g/mol. The molecule has 0 aromatic heterocycles. The topological polar surface area (TPSA) is 3.24 Å². The number of para-hydroxylation sites is 1. The SMILES string of the molecule is Cc1ccc(N(c2ccccc2)c2cc3cc(-c4ccc5ccccc5c4)c4ccccc4c3c3ccccc23)cc1. The minimum absolute atomic E-state index is 1.14. The zero-order chi connectivity index (χ0) is 28.0. The van der Waals surface area contributed by atoms with E-state index < -0.39 is 0 Å². The molecule has 0 atom stereocenters. The summed E-state index contributed by atoms with van der Waals surface area (Å²) in [6.07, 6.45) is 0. The van der Waals surface area contributed by atoms with Crippen LogP contribution in [0.5, 0.6) is 0 Å². The van der Waals surface area contributed by atoms with Gasteiger partial charge in [-0.05, 0) is 98.2 Å². The Labute approximate surface area is 245 Å². The number of hydrogen-bond acceptors (Lipinski definition) is 1. The van der Waals surface area contributed by atoms with E-state index in [0.29, 0.717) is 0 Å². The molecule has 0 heterocycles. The molecule has 0 saturated heterocycles. The fraction of sp³-hybridized carbons (Fsp3) is 0.0244. The van der Waals surface area contributed by atoms with Gasteiger partial charge in [-0.1, -0.05) is 121 Å². The molecule has 198 valence electrons. The lowest BCUT2D eigenvalue weighted by Gasteiger charge is -2.28. The van der Waals surface area contributed by atoms with Gasteiger partial charge in [-0.3, -0.25) is 0 Å². The summed E-state index contributed by atoms with van der Waals surface area (Å²) in [5.41, 5.74) is 7.20. The lowest BCUT2D eigenvalue weighted by Crippen LogP contribution is -2.10. The summed E-state index contributed by atoms with van der Waals surface area (Å²) in [7, 11) is 0. The van der Waals surface area contributed by atoms with Crippen LogP contribution in [0.25, 0.3) is 54.2 Å². The third-order valence-corrected chi connectivity index (χ3v) is 8.45. The molecule has 0 unspecified atom stereocenters. The average Bonchev–Trinajstić information content (AvgIpc) is 3.05. The second-order valence-electron chi connectivity index (χ2n) is 11.1. The van der Waals surface area contributed by atoms with Crippen LogP contribution in [0.4, 0.5) is 17.1 Å². The Morgan fingerprint density at radius 2 is 1.00 bits per heavy atom. The van der Waals surface area contributed by atoms with Gasteiger partial charge in [-0.2, -0.15) is 0 Å². The first-order chi connectivity index (χ1) is 20.7. The highest BCUT2D eigenvalue weighted by atomic mass is 15.1. The molecule has 0 aliphatic rings. The maximum atomic E-state index is 2.40. The molecule has 42 heavy (non-hydrogen) atoms. The van der Waals surface area contributed by atoms with Crippen LogP contribution in [0.3, 0.4) is 0 Å². The Hall–Kier alpha value is -5.40. The van der Waals surface area contributed by atoms with Crippen LogP contribution >= 0.6 is 0 Å². The standard InChI is InChI=1S/C41H29N/c1-28-19-23-34(24-20-28)42(33-13-3-2-4-14-33)40-27-32-26-39(31-22-21-29-11-5-6-12-30(29)25-31)35-15-7-9-17-37(35)41(32)38-18-10-8-16-36(38)40/h2-27H,1H3. The highest BCUT2D eigenvalue weighted by Crippen LogP contribution is 2.45. The first-order valence-electron chi connectivity index (χ1n) is 14.5. The molecule has 0 bridgehead atoms. The zero-order valence-electron chi connectivity index (χ0n) is 23.5. The first-order valence-corrected chi connectivity index (χ1v) is 14.5. The Morgan fingerprint density at radius 3 is 1.76 bits per heavy atom. The Kier molecular flexibility index (Phi) is 5.75. The molecule has 0 saturated carbocycles. The van der Waals surface area contributed by atoms with Crippen molar-refractivity contribution >= 4 is 60.2 Å². The highest BCUT2D eigenvalue weighted by Gasteiger charge is 2.19. The van der Waals surface area contributed by atoms with Gasteiger partial charge >= 0.3 is 0 Å². The molecule has 1 nitrogen and oxygen atoms in total. The van der Waals surface area contributed by atoms with E-state index in [4.69, 9.17) is 0 Å². The second-order valence-corrected chi connectivity index (χ2v) is 11.1. The van der Waals surface area contributed by atoms with Crippen LogP contribution < -0.4 is 4.90 Å². The Balaban J connectivity index is 1.47. The van der Waals surface area contributed by atoms with Crippen molar-refractivity contribution in [1.29, 1.82) is 0 Å². The largest absolute Gasteiger partial charge is 0.310 e. The molecule has 8 aromatic carbocycles. The second kappa shape index (κ2) is 9.90. The van der Waals surface area contributed by atoms with Crippen LogP contribution in [-0.4, -0.2) is 0 Å². The van der Waals surface area contributed by atoms with Crippen LogP contribution in [0.2, 0.25) is 0 Å². The summed E-state index contributed by atoms with van der Waals surface area (Å²) in [5, 5.41) is 10.1. The van der Waals surface area contributed by atoms with Gasteiger partial charge in [-0.15, -0.1) is 0 Å². The summed E-state index contributed by atoms with van der Waals surface area (Å²) in [5.74, 6) is 0. The maximum Gasteiger partial charge on any atom is 0.0546 e. The molecule has 0 amide bonds. The van der Waals surface area contributed by atoms with Crippen LogP contribution in [0, 0.1) is 6.92 Å². The van der Waals surface area contributed by atoms with Crippen LogP contribution in [0.15, 0.2) is 158 Å². The van der Waals surface area contributed by atoms with Gasteiger partial charge in [0.15, 0.2) is 0 Å². The van der Waals surface area contributed by atoms with Gasteiger partial charge in [0.1, 0.15) is 0 Å². The molecule has 0 aliphatic carbocycles. The van der Waals surface area contributed by atoms with Gasteiger partial charge in [0.2, 0.25) is 0 Å². The number of fused-ring (bicyclic) bond motifs is 6. The van der Waals surface area contributed by atoms with Crippen molar-refractivity contribution in [1.82, 2.24) is 0 Å². The van der Waals surface area contributed by atoms with E-state index >= 15 is 0 Å². The minimum Gasteiger partial charge on any atom is -0.310 e. The summed E-state index contributed by atoms with van der Waals surface area (Å²) >= 11 is 0. The summed E-state index contributed by atoms with van der Waals surface area (Å²) in [6, 6.07) is 57.5. The summed E-state index contributed by atoms with van der Waals surface area (Å²) < 4.78 is 0. The number of hydrogen-bond donors (Lipinski definition) is 0. The molecule has 0 N–H and O–H groups in total. The van der Waals surface area contributed by atoms with Gasteiger partial charge in [0.25, 0.3) is 0 Å². The molecule has 0 radical (unpaired) electrons. The number of aryl methyl sites for hydroxylation is 1. The molecule has 8 rings (SSSR count). The molecule has 0 aliphatic heterocycles. The van der Waals surface area contributed by atoms with E-state index in [1.807, 2.05) is 0 Å². The van der Waals surface area contributed by atoms with E-state index in [9.17, 15) is 0 Å². The van der Waals surface area contributed by atoms with E-state index in [0.717, 1.165) is 11.4 Å². The fourth-order valence-electron chi connectivity index (χ4n) is 6.44. The van der Waals surface area contributed by atoms with Crippen molar-refractivity contribution in [3.05, 3.63) is 163 Å². The van der Waals surface area contributed by atoms with Gasteiger partial charge in [0, 0.05) is 16.8 Å². The van der Waals surface area contributed by atoms with E-state index in [1.165, 1.54) is 65.5 Å². The molecule has 0 spiro atoms. The Morgan fingerprint density at radius 1 is 0.405 bits per heavy atom. The van der Waals surface area contributed by atoms with Crippen molar-refractivity contribution < 1.29 is 0 Å². The van der Waals surface area contributed by atoms with Crippen molar-refractivity contribution in [3.63, 3.8) is 0 Å². The van der Waals surface area contributed by atoms with Gasteiger partial charge in [-0.25, -0.2) is 0 Å². The van der Waals surface area contributed by atoms with Crippen molar-refractivity contribution in [2.75, 3.05) is 4.90 Å². The number of anilines is 3. The fourth-order valence-corrected chi connectivity index (χ4v) is 6.44. The van der Waals surface area contributed by atoms with Crippen molar-refractivity contribution in [3.8, 4) is 11.1 Å². The lowest BCUT2D eigenvalue weighted by atomic mass is 9.89. The monoisotopic (exact) mass is 535 g/mol. The maximum absolute atomic E-state index is 2.40. The number of benzene rings is 8. The van der Waals surface area contributed by atoms with E-state index in [1.54, 1.807) is 0 Å². The predicted molar refractivity (Wildman–Crippen MR) is 181 cm³/mol. The predicted octanol–water partition coefficient (Wildman–Crippen LogP) is 11.7. The third kappa shape index (κ3) is 4.02. The smallest absolute Gasteiger partial charge is 0.0546 e. The zero-order valence-corrected chi connectivity index (χ0v) is 23.5. The normalized spacial score (nSPS) is 11.5. The van der Waals surface area contributed by atoms with Gasteiger partial charge in [0.05, 0.1) is 5.69 Å². The van der Waals surface area contributed by atoms with Crippen molar-refractivity contribution in [2.24, 2.45) is 0 Å². The Bertz CT molecular complexity index is 2250. The van der Waals surface area contributed by atoms with E-state index in [-0.39, 0.29) is 0 Å². The van der Waals surface area contributed by atoms with E-state index in [2.05, 4.69) is 170 Å². The summed E-state index contributed by atoms with van der Waals surface area (Å²) in [6.45, 7) is 2.14. The van der Waals surface area contributed by atoms with Crippen LogP contribution in [-0.2, 0) is 0 Å². The molecule has 1 heteroatoms. The number of nitrogens with zero attached hydrogens (tertiary/aromatic N) is 1. The lowest BCUT2D eigenvalue weighted by molar-refractivity contribution is 1.29. The third-order valence-electron chi connectivity index (χ3n) is 8.45. The van der Waals surface area contributed by atoms with Crippen molar-refractivity contribution in [2.45, 2.75) is 6.92 Å². The summed E-state index contributed by atoms with van der Waals surface area (Å²) in [4.78, 5) is 2.39. The molecule has 8 aromatic rings. The molecular formula is C41H29N.